The van der Waals surface area contributed by atoms with E-state index >= 15 is 0 Å². The van der Waals surface area contributed by atoms with E-state index in [0.29, 0.717) is 17.4 Å². The Morgan fingerprint density at radius 1 is 1.39 bits per heavy atom. The van der Waals surface area contributed by atoms with Crippen LogP contribution in [0, 0.1) is 0 Å². The zero-order chi connectivity index (χ0) is 16.4. The number of nitrogens with zero attached hydrogens (tertiary/aromatic N) is 1. The lowest BCUT2D eigenvalue weighted by atomic mass is 10.1. The van der Waals surface area contributed by atoms with E-state index in [9.17, 15) is 14.4 Å². The molecular weight excluding hydrogens is 298 g/mol. The number of H-pyrrole nitrogens is 1. The second kappa shape index (κ2) is 6.37. The third kappa shape index (κ3) is 3.19. The largest absolute Gasteiger partial charge is 0.376 e. The molecule has 1 aromatic heterocycles. The Kier molecular flexibility index (Phi) is 4.29. The standard InChI is InChI=1S/C16H19N3O4/c1-10(13-7-4-8-23-13)17-14(20)9-19-16(22)12-6-3-2-5-11(12)15(21)18-19/h2-3,5-6,10,13H,4,7-9H2,1H3,(H,17,20)(H,18,21)/t10-,13-/m0/s1. The zero-order valence-corrected chi connectivity index (χ0v) is 12.9. The third-order valence-corrected chi connectivity index (χ3v) is 4.10. The second-order valence-corrected chi connectivity index (χ2v) is 5.79. The fraction of sp³-hybridized carbons (Fsp3) is 0.438. The van der Waals surface area contributed by atoms with Crippen LogP contribution >= 0.6 is 0 Å². The summed E-state index contributed by atoms with van der Waals surface area (Å²) in [6.45, 7) is 2.36. The van der Waals surface area contributed by atoms with E-state index in [2.05, 4.69) is 10.4 Å². The van der Waals surface area contributed by atoms with Crippen molar-refractivity contribution in [3.8, 4) is 0 Å². The van der Waals surface area contributed by atoms with Crippen LogP contribution in [0.15, 0.2) is 33.9 Å². The SMILES string of the molecule is C[C@H](NC(=O)Cn1[nH]c(=O)c2ccccc2c1=O)[C@@H]1CCCO1. The molecule has 23 heavy (non-hydrogen) atoms. The maximum atomic E-state index is 12.3. The second-order valence-electron chi connectivity index (χ2n) is 5.79. The van der Waals surface area contributed by atoms with Gasteiger partial charge in [0.05, 0.1) is 22.9 Å². The van der Waals surface area contributed by atoms with Crippen LogP contribution < -0.4 is 16.4 Å². The van der Waals surface area contributed by atoms with Crippen LogP contribution in [0.1, 0.15) is 19.8 Å². The van der Waals surface area contributed by atoms with Crippen molar-refractivity contribution in [2.75, 3.05) is 6.61 Å². The van der Waals surface area contributed by atoms with E-state index in [4.69, 9.17) is 4.74 Å². The van der Waals surface area contributed by atoms with Crippen LogP contribution in [0.5, 0.6) is 0 Å². The van der Waals surface area contributed by atoms with Crippen LogP contribution in [0.4, 0.5) is 0 Å². The summed E-state index contributed by atoms with van der Waals surface area (Å²) in [7, 11) is 0. The Labute approximate surface area is 132 Å². The Bertz CT molecular complexity index is 833. The van der Waals surface area contributed by atoms with E-state index in [1.807, 2.05) is 6.92 Å². The number of fused-ring (bicyclic) bond motifs is 1. The number of carbonyl (C=O) groups is 1. The minimum Gasteiger partial charge on any atom is -0.376 e. The first-order chi connectivity index (χ1) is 11.1. The van der Waals surface area contributed by atoms with Crippen LogP contribution in [0.25, 0.3) is 10.8 Å². The summed E-state index contributed by atoms with van der Waals surface area (Å²) in [6, 6.07) is 6.41. The highest BCUT2D eigenvalue weighted by atomic mass is 16.5. The monoisotopic (exact) mass is 317 g/mol. The van der Waals surface area contributed by atoms with Crippen molar-refractivity contribution in [2.24, 2.45) is 0 Å². The first-order valence-corrected chi connectivity index (χ1v) is 7.69. The Morgan fingerprint density at radius 3 is 2.83 bits per heavy atom. The fourth-order valence-corrected chi connectivity index (χ4v) is 2.89. The summed E-state index contributed by atoms with van der Waals surface area (Å²) in [5.41, 5.74) is -0.778. The molecule has 2 N–H and O–H groups in total. The summed E-state index contributed by atoms with van der Waals surface area (Å²) in [6.07, 6.45) is 1.91. The molecule has 2 atom stereocenters. The molecule has 7 nitrogen and oxygen atoms in total. The normalized spacial score (nSPS) is 18.9. The molecular formula is C16H19N3O4. The number of hydrogen-bond donors (Lipinski definition) is 2. The average Bonchev–Trinajstić information content (AvgIpc) is 3.07. The number of rotatable bonds is 4. The van der Waals surface area contributed by atoms with Crippen LogP contribution in [-0.4, -0.2) is 34.4 Å². The van der Waals surface area contributed by atoms with E-state index in [-0.39, 0.29) is 35.7 Å². The van der Waals surface area contributed by atoms with E-state index in [0.717, 1.165) is 17.5 Å². The number of ether oxygens (including phenoxy) is 1. The average molecular weight is 317 g/mol. The third-order valence-electron chi connectivity index (χ3n) is 4.10. The van der Waals surface area contributed by atoms with Gasteiger partial charge < -0.3 is 10.1 Å². The van der Waals surface area contributed by atoms with Gasteiger partial charge in [-0.05, 0) is 31.9 Å². The molecule has 122 valence electrons. The first kappa shape index (κ1) is 15.5. The highest BCUT2D eigenvalue weighted by Crippen LogP contribution is 2.15. The maximum Gasteiger partial charge on any atom is 0.273 e. The van der Waals surface area contributed by atoms with Crippen LogP contribution in [-0.2, 0) is 16.1 Å². The lowest BCUT2D eigenvalue weighted by Crippen LogP contribution is -2.44. The molecule has 2 heterocycles. The fourth-order valence-electron chi connectivity index (χ4n) is 2.89. The molecule has 0 radical (unpaired) electrons. The quantitative estimate of drug-likeness (QED) is 0.852. The number of nitrogens with one attached hydrogen (secondary N) is 2. The molecule has 0 aliphatic carbocycles. The van der Waals surface area contributed by atoms with Gasteiger partial charge in [-0.25, -0.2) is 4.68 Å². The van der Waals surface area contributed by atoms with Gasteiger partial charge in [0.15, 0.2) is 0 Å². The summed E-state index contributed by atoms with van der Waals surface area (Å²) in [5.74, 6) is -0.332. The number of carbonyl (C=O) groups excluding carboxylic acids is 1. The minimum atomic E-state index is -0.389. The number of aromatic nitrogens is 2. The van der Waals surface area contributed by atoms with Gasteiger partial charge >= 0.3 is 0 Å². The molecule has 0 unspecified atom stereocenters. The predicted molar refractivity (Wildman–Crippen MR) is 85.4 cm³/mol. The molecule has 7 heteroatoms. The molecule has 1 saturated heterocycles. The molecule has 1 fully saturated rings. The van der Waals surface area contributed by atoms with Crippen LogP contribution in [0.2, 0.25) is 0 Å². The van der Waals surface area contributed by atoms with Crippen molar-refractivity contribution in [3.05, 3.63) is 45.0 Å². The van der Waals surface area contributed by atoms with Crippen molar-refractivity contribution in [1.29, 1.82) is 0 Å². The topological polar surface area (TPSA) is 93.2 Å². The highest BCUT2D eigenvalue weighted by Gasteiger charge is 2.23. The minimum absolute atomic E-state index is 0.00586. The number of benzene rings is 1. The predicted octanol–water partition coefficient (Wildman–Crippen LogP) is 0.373. The van der Waals surface area contributed by atoms with Gasteiger partial charge in [0.2, 0.25) is 5.91 Å². The molecule has 1 aliphatic heterocycles. The van der Waals surface area contributed by atoms with Gasteiger partial charge in [0, 0.05) is 6.61 Å². The molecule has 1 aromatic carbocycles. The van der Waals surface area contributed by atoms with E-state index in [1.54, 1.807) is 24.3 Å². The lowest BCUT2D eigenvalue weighted by molar-refractivity contribution is -0.123. The Morgan fingerprint density at radius 2 is 2.13 bits per heavy atom. The van der Waals surface area contributed by atoms with E-state index in [1.165, 1.54) is 0 Å². The van der Waals surface area contributed by atoms with Gasteiger partial charge in [-0.2, -0.15) is 0 Å². The van der Waals surface area contributed by atoms with Crippen molar-refractivity contribution in [1.82, 2.24) is 15.1 Å². The van der Waals surface area contributed by atoms with Crippen molar-refractivity contribution in [3.63, 3.8) is 0 Å². The maximum absolute atomic E-state index is 12.3. The van der Waals surface area contributed by atoms with Gasteiger partial charge in [-0.15, -0.1) is 0 Å². The molecule has 1 aliphatic rings. The van der Waals surface area contributed by atoms with Gasteiger partial charge in [0.1, 0.15) is 6.54 Å². The Balaban J connectivity index is 1.78. The van der Waals surface area contributed by atoms with E-state index < -0.39 is 0 Å². The summed E-state index contributed by atoms with van der Waals surface area (Å²) in [4.78, 5) is 36.5. The summed E-state index contributed by atoms with van der Waals surface area (Å²) < 4.78 is 6.57. The summed E-state index contributed by atoms with van der Waals surface area (Å²) in [5, 5.41) is 5.89. The number of hydrogen-bond acceptors (Lipinski definition) is 4. The molecule has 0 bridgehead atoms. The lowest BCUT2D eigenvalue weighted by Gasteiger charge is -2.20. The van der Waals surface area contributed by atoms with Crippen molar-refractivity contribution >= 4 is 16.7 Å². The zero-order valence-electron chi connectivity index (χ0n) is 12.9. The molecule has 0 saturated carbocycles. The summed E-state index contributed by atoms with van der Waals surface area (Å²) >= 11 is 0. The molecule has 0 spiro atoms. The van der Waals surface area contributed by atoms with Crippen LogP contribution in [0.3, 0.4) is 0 Å². The number of aromatic amines is 1. The van der Waals surface area contributed by atoms with Crippen molar-refractivity contribution < 1.29 is 9.53 Å². The van der Waals surface area contributed by atoms with Gasteiger partial charge in [-0.3, -0.25) is 19.5 Å². The van der Waals surface area contributed by atoms with Gasteiger partial charge in [0.25, 0.3) is 11.1 Å². The van der Waals surface area contributed by atoms with Gasteiger partial charge in [-0.1, -0.05) is 12.1 Å². The highest BCUT2D eigenvalue weighted by molar-refractivity contribution is 5.81. The Hall–Kier alpha value is -2.41. The molecule has 2 aromatic rings. The molecule has 1 amide bonds. The first-order valence-electron chi connectivity index (χ1n) is 7.69. The molecule has 3 rings (SSSR count). The van der Waals surface area contributed by atoms with Crippen molar-refractivity contribution in [2.45, 2.75) is 38.5 Å². The number of amides is 1. The smallest absolute Gasteiger partial charge is 0.273 e.